The summed E-state index contributed by atoms with van der Waals surface area (Å²) in [5.74, 6) is 1.55. The Morgan fingerprint density at radius 1 is 1.53 bits per heavy atom. The van der Waals surface area contributed by atoms with E-state index in [0.29, 0.717) is 6.04 Å². The Kier molecular flexibility index (Phi) is 6.10. The van der Waals surface area contributed by atoms with E-state index in [2.05, 4.69) is 12.2 Å². The van der Waals surface area contributed by atoms with E-state index in [1.54, 1.807) is 0 Å². The van der Waals surface area contributed by atoms with Crippen LogP contribution in [0.3, 0.4) is 0 Å². The first-order valence-electron chi connectivity index (χ1n) is 5.78. The number of hydrogen-bond donors (Lipinski definition) is 2. The minimum absolute atomic E-state index is 0.116. The maximum atomic E-state index is 10.8. The molecular weight excluding hydrogens is 210 g/mol. The van der Waals surface area contributed by atoms with Gasteiger partial charge in [0.25, 0.3) is 0 Å². The summed E-state index contributed by atoms with van der Waals surface area (Å²) >= 11 is 1.92. The van der Waals surface area contributed by atoms with Crippen molar-refractivity contribution < 1.29 is 9.90 Å². The monoisotopic (exact) mass is 231 g/mol. The second kappa shape index (κ2) is 7.12. The van der Waals surface area contributed by atoms with Gasteiger partial charge in [0.15, 0.2) is 0 Å². The molecule has 2 unspecified atom stereocenters. The molecule has 0 aromatic carbocycles. The number of carboxylic acid groups (broad SMARTS) is 1. The van der Waals surface area contributed by atoms with E-state index < -0.39 is 5.97 Å². The van der Waals surface area contributed by atoms with E-state index in [4.69, 9.17) is 5.11 Å². The lowest BCUT2D eigenvalue weighted by molar-refractivity contribution is -0.143. The van der Waals surface area contributed by atoms with E-state index in [-0.39, 0.29) is 5.92 Å². The third-order valence-electron chi connectivity index (χ3n) is 2.91. The van der Waals surface area contributed by atoms with Crippen molar-refractivity contribution in [3.63, 3.8) is 0 Å². The molecule has 1 rings (SSSR count). The summed E-state index contributed by atoms with van der Waals surface area (Å²) in [7, 11) is 0. The molecule has 0 amide bonds. The molecule has 3 nitrogen and oxygen atoms in total. The van der Waals surface area contributed by atoms with Gasteiger partial charge in [-0.25, -0.2) is 0 Å². The molecule has 1 aliphatic rings. The lowest BCUT2D eigenvalue weighted by Gasteiger charge is -2.27. The zero-order valence-corrected chi connectivity index (χ0v) is 10.2. The van der Waals surface area contributed by atoms with Crippen molar-refractivity contribution >= 4 is 17.7 Å². The highest BCUT2D eigenvalue weighted by Gasteiger charge is 2.26. The summed E-state index contributed by atoms with van der Waals surface area (Å²) in [6, 6.07) is 0.428. The molecule has 0 saturated heterocycles. The average molecular weight is 231 g/mol. The number of thioether (sulfide) groups is 1. The summed E-state index contributed by atoms with van der Waals surface area (Å²) in [5.41, 5.74) is 0. The van der Waals surface area contributed by atoms with Gasteiger partial charge in [0.1, 0.15) is 0 Å². The van der Waals surface area contributed by atoms with E-state index in [9.17, 15) is 4.79 Å². The Labute approximate surface area is 96.0 Å². The lowest BCUT2D eigenvalue weighted by Crippen LogP contribution is -2.37. The lowest BCUT2D eigenvalue weighted by atomic mass is 9.86. The third kappa shape index (κ3) is 4.89. The molecular formula is C11H21NO2S. The molecule has 2 N–H and O–H groups in total. The van der Waals surface area contributed by atoms with Crippen molar-refractivity contribution in [3.05, 3.63) is 0 Å². The number of carboxylic acids is 1. The minimum Gasteiger partial charge on any atom is -0.481 e. The fraction of sp³-hybridized carbons (Fsp3) is 0.909. The van der Waals surface area contributed by atoms with Crippen LogP contribution in [-0.2, 0) is 4.79 Å². The highest BCUT2D eigenvalue weighted by atomic mass is 32.2. The van der Waals surface area contributed by atoms with E-state index in [1.165, 1.54) is 0 Å². The summed E-state index contributed by atoms with van der Waals surface area (Å²) in [6.07, 6.45) is 3.86. The minimum atomic E-state index is -0.621. The first-order valence-corrected chi connectivity index (χ1v) is 6.93. The second-order valence-corrected chi connectivity index (χ2v) is 5.44. The predicted molar refractivity (Wildman–Crippen MR) is 64.4 cm³/mol. The number of aliphatic carboxylic acids is 1. The summed E-state index contributed by atoms with van der Waals surface area (Å²) in [5, 5.41) is 12.4. The number of carbonyl (C=O) groups is 1. The van der Waals surface area contributed by atoms with E-state index >= 15 is 0 Å². The molecule has 0 spiro atoms. The molecule has 1 fully saturated rings. The Morgan fingerprint density at radius 3 is 3.00 bits per heavy atom. The van der Waals surface area contributed by atoms with Gasteiger partial charge in [-0.05, 0) is 25.0 Å². The zero-order chi connectivity index (χ0) is 11.1. The van der Waals surface area contributed by atoms with Crippen molar-refractivity contribution in [1.29, 1.82) is 0 Å². The Balaban J connectivity index is 2.15. The van der Waals surface area contributed by atoms with Crippen LogP contribution >= 0.6 is 11.8 Å². The molecule has 15 heavy (non-hydrogen) atoms. The predicted octanol–water partition coefficient (Wildman–Crippen LogP) is 1.97. The first kappa shape index (κ1) is 12.8. The van der Waals surface area contributed by atoms with Gasteiger partial charge in [-0.3, -0.25) is 4.79 Å². The van der Waals surface area contributed by atoms with Crippen LogP contribution in [-0.4, -0.2) is 35.2 Å². The quantitative estimate of drug-likeness (QED) is 0.686. The largest absolute Gasteiger partial charge is 0.481 e. The van der Waals surface area contributed by atoms with Crippen molar-refractivity contribution in [2.75, 3.05) is 18.1 Å². The van der Waals surface area contributed by atoms with Gasteiger partial charge >= 0.3 is 5.97 Å². The molecule has 2 atom stereocenters. The third-order valence-corrected chi connectivity index (χ3v) is 3.81. The van der Waals surface area contributed by atoms with Gasteiger partial charge in [-0.2, -0.15) is 11.8 Å². The second-order valence-electron chi connectivity index (χ2n) is 4.05. The van der Waals surface area contributed by atoms with Crippen molar-refractivity contribution in [1.82, 2.24) is 5.32 Å². The molecule has 4 heteroatoms. The highest BCUT2D eigenvalue weighted by molar-refractivity contribution is 7.99. The van der Waals surface area contributed by atoms with Gasteiger partial charge in [-0.1, -0.05) is 13.3 Å². The van der Waals surface area contributed by atoms with Crippen molar-refractivity contribution in [2.45, 2.75) is 38.6 Å². The maximum absolute atomic E-state index is 10.8. The topological polar surface area (TPSA) is 49.3 Å². The SMILES string of the molecule is CCSCCNC1CCCC(C(=O)O)C1. The molecule has 0 aromatic heterocycles. The van der Waals surface area contributed by atoms with Crippen LogP contribution in [0.15, 0.2) is 0 Å². The standard InChI is InChI=1S/C11H21NO2S/c1-2-15-7-6-12-10-5-3-4-9(8-10)11(13)14/h9-10,12H,2-8H2,1H3,(H,13,14). The molecule has 0 aliphatic heterocycles. The van der Waals surface area contributed by atoms with Crippen molar-refractivity contribution in [3.8, 4) is 0 Å². The van der Waals surface area contributed by atoms with Crippen LogP contribution in [0.5, 0.6) is 0 Å². The number of rotatable bonds is 6. The summed E-state index contributed by atoms with van der Waals surface area (Å²) in [4.78, 5) is 10.8. The number of nitrogens with one attached hydrogen (secondary N) is 1. The van der Waals surface area contributed by atoms with E-state index in [0.717, 1.165) is 43.7 Å². The fourth-order valence-corrected chi connectivity index (χ4v) is 2.63. The van der Waals surface area contributed by atoms with Crippen LogP contribution in [0.25, 0.3) is 0 Å². The van der Waals surface area contributed by atoms with Gasteiger partial charge in [-0.15, -0.1) is 0 Å². The Bertz CT molecular complexity index is 199. The first-order chi connectivity index (χ1) is 7.24. The van der Waals surface area contributed by atoms with Crippen molar-refractivity contribution in [2.24, 2.45) is 5.92 Å². The summed E-state index contributed by atoms with van der Waals surface area (Å²) < 4.78 is 0. The van der Waals surface area contributed by atoms with Gasteiger partial charge in [0.2, 0.25) is 0 Å². The van der Waals surface area contributed by atoms with Crippen LogP contribution in [0.2, 0.25) is 0 Å². The van der Waals surface area contributed by atoms with Crippen LogP contribution < -0.4 is 5.32 Å². The van der Waals surface area contributed by atoms with Crippen LogP contribution in [0, 0.1) is 5.92 Å². The van der Waals surface area contributed by atoms with Crippen LogP contribution in [0.1, 0.15) is 32.6 Å². The normalized spacial score (nSPS) is 26.5. The molecule has 1 saturated carbocycles. The van der Waals surface area contributed by atoms with Gasteiger partial charge in [0, 0.05) is 18.3 Å². The molecule has 0 aromatic rings. The van der Waals surface area contributed by atoms with Gasteiger partial charge in [0.05, 0.1) is 5.92 Å². The number of hydrogen-bond acceptors (Lipinski definition) is 3. The molecule has 0 heterocycles. The molecule has 0 bridgehead atoms. The maximum Gasteiger partial charge on any atom is 0.306 e. The Morgan fingerprint density at radius 2 is 2.33 bits per heavy atom. The molecule has 88 valence electrons. The summed E-state index contributed by atoms with van der Waals surface area (Å²) in [6.45, 7) is 3.17. The molecule has 1 aliphatic carbocycles. The zero-order valence-electron chi connectivity index (χ0n) is 9.37. The average Bonchev–Trinajstić information content (AvgIpc) is 2.25. The molecule has 0 radical (unpaired) electrons. The van der Waals surface area contributed by atoms with Gasteiger partial charge < -0.3 is 10.4 Å². The van der Waals surface area contributed by atoms with E-state index in [1.807, 2.05) is 11.8 Å². The smallest absolute Gasteiger partial charge is 0.306 e. The fourth-order valence-electron chi connectivity index (χ4n) is 2.08. The highest BCUT2D eigenvalue weighted by Crippen LogP contribution is 2.24. The van der Waals surface area contributed by atoms with Crippen LogP contribution in [0.4, 0.5) is 0 Å². The Hall–Kier alpha value is -0.220.